The smallest absolute Gasteiger partial charge is 0.206 e. The summed E-state index contributed by atoms with van der Waals surface area (Å²) in [5.74, 6) is -0.293. The van der Waals surface area contributed by atoms with Crippen molar-refractivity contribution >= 4 is 11.6 Å². The van der Waals surface area contributed by atoms with E-state index in [4.69, 9.17) is 21.1 Å². The molecule has 3 nitrogen and oxygen atoms in total. The number of halogens is 2. The second kappa shape index (κ2) is 2.79. The Morgan fingerprint density at radius 2 is 2.17 bits per heavy atom. The van der Waals surface area contributed by atoms with E-state index in [1.54, 1.807) is 0 Å². The molecule has 0 N–H and O–H groups in total. The van der Waals surface area contributed by atoms with Crippen LogP contribution in [0.15, 0.2) is 6.20 Å². The Kier molecular flexibility index (Phi) is 1.77. The van der Waals surface area contributed by atoms with Gasteiger partial charge in [-0.25, -0.2) is 4.98 Å². The molecule has 0 amide bonds. The molecular formula is C7H5ClFNO2. The molecule has 0 unspecified atom stereocenters. The van der Waals surface area contributed by atoms with Gasteiger partial charge >= 0.3 is 0 Å². The lowest BCUT2D eigenvalue weighted by Crippen LogP contribution is -2.16. The van der Waals surface area contributed by atoms with Gasteiger partial charge in [0, 0.05) is 0 Å². The van der Waals surface area contributed by atoms with Crippen LogP contribution in [0.5, 0.6) is 11.5 Å². The maximum atomic E-state index is 13.1. The summed E-state index contributed by atoms with van der Waals surface area (Å²) < 4.78 is 23.2. The van der Waals surface area contributed by atoms with Crippen LogP contribution in [-0.2, 0) is 0 Å². The summed E-state index contributed by atoms with van der Waals surface area (Å²) in [4.78, 5) is 3.58. The number of nitrogens with zero attached hydrogens (tertiary/aromatic N) is 1. The topological polar surface area (TPSA) is 31.4 Å². The Labute approximate surface area is 73.1 Å². The molecule has 2 rings (SSSR count). The highest BCUT2D eigenvalue weighted by Crippen LogP contribution is 2.34. The minimum atomic E-state index is -0.658. The first-order valence-corrected chi connectivity index (χ1v) is 3.76. The van der Waals surface area contributed by atoms with Crippen molar-refractivity contribution in [3.63, 3.8) is 0 Å². The van der Waals surface area contributed by atoms with Crippen LogP contribution in [0.1, 0.15) is 0 Å². The SMILES string of the molecule is Fc1c(Cl)ncc2c1OCCO2. The second-order valence-electron chi connectivity index (χ2n) is 2.25. The zero-order chi connectivity index (χ0) is 8.55. The molecular weight excluding hydrogens is 185 g/mol. The van der Waals surface area contributed by atoms with Crippen molar-refractivity contribution in [3.8, 4) is 11.5 Å². The fraction of sp³-hybridized carbons (Fsp3) is 0.286. The molecule has 12 heavy (non-hydrogen) atoms. The molecule has 1 aromatic heterocycles. The van der Waals surface area contributed by atoms with Crippen LogP contribution in [0.2, 0.25) is 5.15 Å². The van der Waals surface area contributed by atoms with E-state index in [0.717, 1.165) is 0 Å². The third-order valence-corrected chi connectivity index (χ3v) is 1.75. The Morgan fingerprint density at radius 3 is 3.00 bits per heavy atom. The van der Waals surface area contributed by atoms with Crippen LogP contribution in [0.4, 0.5) is 4.39 Å². The predicted molar refractivity (Wildman–Crippen MR) is 40.2 cm³/mol. The van der Waals surface area contributed by atoms with Crippen LogP contribution in [0, 0.1) is 5.82 Å². The van der Waals surface area contributed by atoms with Gasteiger partial charge in [0.1, 0.15) is 13.2 Å². The van der Waals surface area contributed by atoms with Crippen molar-refractivity contribution in [2.45, 2.75) is 0 Å². The van der Waals surface area contributed by atoms with Crippen molar-refractivity contribution in [1.82, 2.24) is 4.98 Å². The van der Waals surface area contributed by atoms with Gasteiger partial charge in [-0.15, -0.1) is 0 Å². The third-order valence-electron chi connectivity index (χ3n) is 1.49. The lowest BCUT2D eigenvalue weighted by molar-refractivity contribution is 0.163. The van der Waals surface area contributed by atoms with Gasteiger partial charge < -0.3 is 9.47 Å². The Morgan fingerprint density at radius 1 is 1.42 bits per heavy atom. The molecule has 64 valence electrons. The van der Waals surface area contributed by atoms with Crippen LogP contribution in [0.3, 0.4) is 0 Å². The molecule has 0 aliphatic carbocycles. The number of hydrogen-bond acceptors (Lipinski definition) is 3. The van der Waals surface area contributed by atoms with E-state index in [-0.39, 0.29) is 10.9 Å². The van der Waals surface area contributed by atoms with Gasteiger partial charge in [0.2, 0.25) is 11.6 Å². The fourth-order valence-corrected chi connectivity index (χ4v) is 1.10. The van der Waals surface area contributed by atoms with E-state index in [1.807, 2.05) is 0 Å². The number of fused-ring (bicyclic) bond motifs is 1. The van der Waals surface area contributed by atoms with Crippen molar-refractivity contribution in [2.75, 3.05) is 13.2 Å². The Hall–Kier alpha value is -1.03. The van der Waals surface area contributed by atoms with E-state index in [9.17, 15) is 4.39 Å². The monoisotopic (exact) mass is 189 g/mol. The maximum absolute atomic E-state index is 13.1. The Bertz CT molecular complexity index is 319. The van der Waals surface area contributed by atoms with Gasteiger partial charge in [-0.3, -0.25) is 0 Å². The molecule has 0 saturated heterocycles. The van der Waals surface area contributed by atoms with Crippen molar-refractivity contribution in [1.29, 1.82) is 0 Å². The minimum Gasteiger partial charge on any atom is -0.484 e. The first kappa shape index (κ1) is 7.61. The van der Waals surface area contributed by atoms with E-state index in [2.05, 4.69) is 4.98 Å². The molecule has 0 fully saturated rings. The molecule has 5 heteroatoms. The largest absolute Gasteiger partial charge is 0.484 e. The molecule has 0 bridgehead atoms. The van der Waals surface area contributed by atoms with Crippen molar-refractivity contribution < 1.29 is 13.9 Å². The number of ether oxygens (including phenoxy) is 2. The number of aromatic nitrogens is 1. The highest BCUT2D eigenvalue weighted by molar-refractivity contribution is 6.29. The van der Waals surface area contributed by atoms with E-state index in [0.29, 0.717) is 19.0 Å². The molecule has 1 aromatic rings. The first-order chi connectivity index (χ1) is 5.79. The van der Waals surface area contributed by atoms with Gasteiger partial charge in [-0.1, -0.05) is 11.6 Å². The number of pyridine rings is 1. The summed E-state index contributed by atoms with van der Waals surface area (Å²) in [5.41, 5.74) is 0. The second-order valence-corrected chi connectivity index (χ2v) is 2.61. The molecule has 0 saturated carbocycles. The molecule has 2 heterocycles. The fourth-order valence-electron chi connectivity index (χ4n) is 0.965. The Balaban J connectivity index is 2.54. The standard InChI is InChI=1S/C7H5ClFNO2/c8-7-5(9)6-4(3-10-7)11-1-2-12-6/h3H,1-2H2. The van der Waals surface area contributed by atoms with Crippen molar-refractivity contribution in [2.24, 2.45) is 0 Å². The highest BCUT2D eigenvalue weighted by atomic mass is 35.5. The minimum absolute atomic E-state index is 0.0567. The van der Waals surface area contributed by atoms with E-state index in [1.165, 1.54) is 6.20 Å². The van der Waals surface area contributed by atoms with Crippen LogP contribution < -0.4 is 9.47 Å². The highest BCUT2D eigenvalue weighted by Gasteiger charge is 2.19. The van der Waals surface area contributed by atoms with E-state index < -0.39 is 5.82 Å². The van der Waals surface area contributed by atoms with Crippen LogP contribution in [0.25, 0.3) is 0 Å². The third kappa shape index (κ3) is 1.08. The van der Waals surface area contributed by atoms with Gasteiger partial charge in [-0.05, 0) is 0 Å². The van der Waals surface area contributed by atoms with Crippen LogP contribution >= 0.6 is 11.6 Å². The zero-order valence-electron chi connectivity index (χ0n) is 6.01. The van der Waals surface area contributed by atoms with Gasteiger partial charge in [0.15, 0.2) is 10.9 Å². The predicted octanol–water partition coefficient (Wildman–Crippen LogP) is 1.65. The summed E-state index contributed by atoms with van der Waals surface area (Å²) >= 11 is 5.42. The lowest BCUT2D eigenvalue weighted by atomic mass is 10.4. The lowest BCUT2D eigenvalue weighted by Gasteiger charge is -2.17. The summed E-state index contributed by atoms with van der Waals surface area (Å²) in [5, 5.41) is -0.195. The quantitative estimate of drug-likeness (QED) is 0.582. The molecule has 1 aliphatic heterocycles. The van der Waals surface area contributed by atoms with Gasteiger partial charge in [0.25, 0.3) is 0 Å². The van der Waals surface area contributed by atoms with Gasteiger partial charge in [-0.2, -0.15) is 4.39 Å². The summed E-state index contributed by atoms with van der Waals surface area (Å²) in [6.07, 6.45) is 1.35. The average Bonchev–Trinajstić information content (AvgIpc) is 2.12. The zero-order valence-corrected chi connectivity index (χ0v) is 6.77. The number of hydrogen-bond donors (Lipinski definition) is 0. The molecule has 0 radical (unpaired) electrons. The first-order valence-electron chi connectivity index (χ1n) is 3.38. The summed E-state index contributed by atoms with van der Waals surface area (Å²) in [6, 6.07) is 0. The van der Waals surface area contributed by atoms with Crippen LogP contribution in [-0.4, -0.2) is 18.2 Å². The van der Waals surface area contributed by atoms with Gasteiger partial charge in [0.05, 0.1) is 6.20 Å². The van der Waals surface area contributed by atoms with E-state index >= 15 is 0 Å². The number of rotatable bonds is 0. The maximum Gasteiger partial charge on any atom is 0.206 e. The summed E-state index contributed by atoms with van der Waals surface area (Å²) in [7, 11) is 0. The summed E-state index contributed by atoms with van der Waals surface area (Å²) in [6.45, 7) is 0.750. The molecule has 1 aliphatic rings. The molecule has 0 aromatic carbocycles. The van der Waals surface area contributed by atoms with Crippen molar-refractivity contribution in [3.05, 3.63) is 17.2 Å². The molecule has 0 spiro atoms. The normalized spacial score (nSPS) is 14.5. The molecule has 0 atom stereocenters. The average molecular weight is 190 g/mol.